The van der Waals surface area contributed by atoms with Crippen molar-refractivity contribution in [3.05, 3.63) is 122 Å². The van der Waals surface area contributed by atoms with E-state index in [1.807, 2.05) is 21.1 Å². The van der Waals surface area contributed by atoms with Crippen LogP contribution < -0.4 is 4.89 Å². The predicted molar refractivity (Wildman–Crippen MR) is 295 cm³/mol. The summed E-state index contributed by atoms with van der Waals surface area (Å²) in [5.74, 6) is -0.870. The van der Waals surface area contributed by atoms with Gasteiger partial charge in [0.25, 0.3) is 7.82 Å². The molecule has 2 atom stereocenters. The first-order valence-electron chi connectivity index (χ1n) is 27.2. The lowest BCUT2D eigenvalue weighted by atomic mass is 10.1. The largest absolute Gasteiger partial charge is 0.756 e. The van der Waals surface area contributed by atoms with Crippen LogP contribution in [-0.2, 0) is 32.7 Å². The second-order valence-corrected chi connectivity index (χ2v) is 20.2. The van der Waals surface area contributed by atoms with E-state index in [0.29, 0.717) is 23.9 Å². The average Bonchev–Trinajstić information content (AvgIpc) is 3.32. The standard InChI is InChI=1S/C60H100NO8P/c1-6-8-10-12-14-16-18-20-22-23-24-25-26-27-28-29-30-31-32-33-34-35-36-37-39-41-43-45-47-49-51-53-60(63)69-58(57-68-70(64,65)67-55-54-61(3,4)5)56-66-59(62)52-50-48-46-44-42-40-38-21-19-17-15-13-11-9-7-2/h8-11,14-17,20-22,24-25,27-28,30-31,33-34,38,58H,6-7,12-13,18-19,23,26,29,32,35-37,39-57H2,1-5H3/b10-8-,11-9-,16-14-,17-15-,22-20-,25-24-,28-27-,31-30-,34-33-,38-21-. The molecule has 9 nitrogen and oxygen atoms in total. The average molecular weight is 994 g/mol. The topological polar surface area (TPSA) is 111 Å². The van der Waals surface area contributed by atoms with Gasteiger partial charge in [-0.05, 0) is 103 Å². The van der Waals surface area contributed by atoms with Gasteiger partial charge in [0.05, 0.1) is 27.7 Å². The number of phosphoric ester groups is 1. The minimum absolute atomic E-state index is 0.0418. The number of ether oxygens (including phenoxy) is 2. The van der Waals surface area contributed by atoms with Gasteiger partial charge in [-0.25, -0.2) is 0 Å². The molecule has 0 fully saturated rings. The highest BCUT2D eigenvalue weighted by Gasteiger charge is 2.21. The molecule has 0 aliphatic heterocycles. The molecule has 70 heavy (non-hydrogen) atoms. The molecular formula is C60H100NO8P. The van der Waals surface area contributed by atoms with Gasteiger partial charge in [0.15, 0.2) is 6.10 Å². The molecule has 0 bridgehead atoms. The van der Waals surface area contributed by atoms with E-state index in [9.17, 15) is 19.0 Å². The summed E-state index contributed by atoms with van der Waals surface area (Å²) in [5.41, 5.74) is 0. The van der Waals surface area contributed by atoms with Crippen LogP contribution in [0.15, 0.2) is 122 Å². The van der Waals surface area contributed by atoms with Crippen molar-refractivity contribution in [3.63, 3.8) is 0 Å². The molecule has 398 valence electrons. The third kappa shape index (κ3) is 53.8. The van der Waals surface area contributed by atoms with Gasteiger partial charge in [-0.3, -0.25) is 14.2 Å². The zero-order valence-electron chi connectivity index (χ0n) is 44.9. The van der Waals surface area contributed by atoms with Gasteiger partial charge in [-0.15, -0.1) is 0 Å². The molecule has 0 aromatic carbocycles. The zero-order chi connectivity index (χ0) is 51.3. The number of unbranched alkanes of at least 4 members (excludes halogenated alkanes) is 14. The minimum Gasteiger partial charge on any atom is -0.756 e. The number of carbonyl (C=O) groups excluding carboxylic acids is 2. The van der Waals surface area contributed by atoms with Gasteiger partial charge in [0.2, 0.25) is 0 Å². The SMILES string of the molecule is CC/C=C\C/C=C\C/C=C\C/C=C\C/C=C\C/C=C\C/C=C\CCCCCCCCCCCC(=O)OC(COC(=O)CCCCCCC/C=C\C/C=C\C/C=C\CC)COP(=O)([O-])OCC[N+](C)(C)C. The summed E-state index contributed by atoms with van der Waals surface area (Å²) in [5, 5.41) is 0. The van der Waals surface area contributed by atoms with E-state index in [2.05, 4.69) is 135 Å². The Morgan fingerprint density at radius 2 is 0.771 bits per heavy atom. The molecular weight excluding hydrogens is 894 g/mol. The van der Waals surface area contributed by atoms with Crippen LogP contribution in [0.4, 0.5) is 0 Å². The summed E-state index contributed by atoms with van der Waals surface area (Å²) in [6, 6.07) is 0. The highest BCUT2D eigenvalue weighted by atomic mass is 31.2. The number of hydrogen-bond donors (Lipinski definition) is 0. The van der Waals surface area contributed by atoms with Crippen LogP contribution in [0.3, 0.4) is 0 Å². The summed E-state index contributed by atoms with van der Waals surface area (Å²) in [4.78, 5) is 37.8. The lowest BCUT2D eigenvalue weighted by Crippen LogP contribution is -2.37. The monoisotopic (exact) mass is 994 g/mol. The Hall–Kier alpha value is -3.59. The van der Waals surface area contributed by atoms with Gasteiger partial charge >= 0.3 is 11.9 Å². The molecule has 0 heterocycles. The summed E-state index contributed by atoms with van der Waals surface area (Å²) in [7, 11) is 1.13. The summed E-state index contributed by atoms with van der Waals surface area (Å²) in [6.07, 6.45) is 70.9. The van der Waals surface area contributed by atoms with E-state index in [-0.39, 0.29) is 26.1 Å². The maximum absolute atomic E-state index is 12.8. The predicted octanol–water partition coefficient (Wildman–Crippen LogP) is 16.2. The second-order valence-electron chi connectivity index (χ2n) is 18.8. The molecule has 10 heteroatoms. The Balaban J connectivity index is 4.22. The molecule has 0 saturated heterocycles. The third-order valence-corrected chi connectivity index (χ3v) is 11.9. The van der Waals surface area contributed by atoms with Crippen molar-refractivity contribution in [2.75, 3.05) is 47.5 Å². The lowest BCUT2D eigenvalue weighted by Gasteiger charge is -2.28. The lowest BCUT2D eigenvalue weighted by molar-refractivity contribution is -0.870. The summed E-state index contributed by atoms with van der Waals surface area (Å²) in [6.45, 7) is 3.96. The first-order valence-corrected chi connectivity index (χ1v) is 28.7. The Morgan fingerprint density at radius 3 is 1.14 bits per heavy atom. The molecule has 0 aromatic rings. The van der Waals surface area contributed by atoms with Crippen molar-refractivity contribution in [1.29, 1.82) is 0 Å². The van der Waals surface area contributed by atoms with E-state index < -0.39 is 32.5 Å². The molecule has 2 unspecified atom stereocenters. The fraction of sp³-hybridized carbons (Fsp3) is 0.633. The minimum atomic E-state index is -4.65. The Morgan fingerprint density at radius 1 is 0.443 bits per heavy atom. The van der Waals surface area contributed by atoms with Crippen LogP contribution >= 0.6 is 7.82 Å². The molecule has 0 spiro atoms. The van der Waals surface area contributed by atoms with E-state index in [4.69, 9.17) is 18.5 Å². The first kappa shape index (κ1) is 66.4. The van der Waals surface area contributed by atoms with Crippen molar-refractivity contribution < 1.29 is 42.1 Å². The van der Waals surface area contributed by atoms with Gasteiger partial charge in [0.1, 0.15) is 19.8 Å². The van der Waals surface area contributed by atoms with Crippen LogP contribution in [0.5, 0.6) is 0 Å². The molecule has 0 radical (unpaired) electrons. The third-order valence-electron chi connectivity index (χ3n) is 11.0. The number of rotatable bonds is 48. The van der Waals surface area contributed by atoms with Gasteiger partial charge in [-0.2, -0.15) is 0 Å². The van der Waals surface area contributed by atoms with Crippen LogP contribution in [0.2, 0.25) is 0 Å². The number of esters is 2. The number of allylic oxidation sites excluding steroid dienone is 20. The van der Waals surface area contributed by atoms with Crippen LogP contribution in [-0.4, -0.2) is 70.0 Å². The van der Waals surface area contributed by atoms with Crippen LogP contribution in [0.1, 0.15) is 194 Å². The maximum Gasteiger partial charge on any atom is 0.306 e. The van der Waals surface area contributed by atoms with Gasteiger partial charge in [0, 0.05) is 12.8 Å². The first-order chi connectivity index (χ1) is 34.0. The number of hydrogen-bond acceptors (Lipinski definition) is 8. The summed E-state index contributed by atoms with van der Waals surface area (Å²) < 4.78 is 34.0. The van der Waals surface area contributed by atoms with Crippen LogP contribution in [0.25, 0.3) is 0 Å². The highest BCUT2D eigenvalue weighted by molar-refractivity contribution is 7.45. The Labute approximate surface area is 428 Å². The van der Waals surface area contributed by atoms with Crippen molar-refractivity contribution in [1.82, 2.24) is 0 Å². The van der Waals surface area contributed by atoms with Crippen molar-refractivity contribution in [3.8, 4) is 0 Å². The molecule has 0 rings (SSSR count). The molecule has 0 saturated carbocycles. The smallest absolute Gasteiger partial charge is 0.306 e. The molecule has 0 aliphatic rings. The van der Waals surface area contributed by atoms with Gasteiger partial charge in [-0.1, -0.05) is 200 Å². The molecule has 0 amide bonds. The van der Waals surface area contributed by atoms with Crippen molar-refractivity contribution >= 4 is 19.8 Å². The molecule has 0 aromatic heterocycles. The van der Waals surface area contributed by atoms with Gasteiger partial charge < -0.3 is 27.9 Å². The van der Waals surface area contributed by atoms with E-state index in [1.54, 1.807) is 0 Å². The van der Waals surface area contributed by atoms with Crippen molar-refractivity contribution in [2.45, 2.75) is 200 Å². The fourth-order valence-electron chi connectivity index (χ4n) is 6.83. The summed E-state index contributed by atoms with van der Waals surface area (Å²) >= 11 is 0. The second kappa shape index (κ2) is 50.4. The molecule has 0 aliphatic carbocycles. The number of nitrogens with zero attached hydrogens (tertiary/aromatic N) is 1. The fourth-order valence-corrected chi connectivity index (χ4v) is 7.55. The number of quaternary nitrogens is 1. The number of phosphoric acid groups is 1. The van der Waals surface area contributed by atoms with Crippen LogP contribution in [0, 0.1) is 0 Å². The van der Waals surface area contributed by atoms with E-state index in [1.165, 1.54) is 32.1 Å². The quantitative estimate of drug-likeness (QED) is 0.0195. The Kier molecular flexibility index (Phi) is 47.8. The maximum atomic E-state index is 12.8. The molecule has 0 N–H and O–H groups in total. The van der Waals surface area contributed by atoms with E-state index >= 15 is 0 Å². The normalized spacial score (nSPS) is 14.3. The van der Waals surface area contributed by atoms with Crippen molar-refractivity contribution in [2.24, 2.45) is 0 Å². The highest BCUT2D eigenvalue weighted by Crippen LogP contribution is 2.38. The zero-order valence-corrected chi connectivity index (χ0v) is 45.8. The Bertz CT molecular complexity index is 1590. The number of carbonyl (C=O) groups is 2. The number of likely N-dealkylation sites (N-methyl/N-ethyl adjacent to an activating group) is 1. The van der Waals surface area contributed by atoms with E-state index in [0.717, 1.165) is 122 Å².